The van der Waals surface area contributed by atoms with Crippen molar-refractivity contribution in [1.82, 2.24) is 5.32 Å². The van der Waals surface area contributed by atoms with Crippen molar-refractivity contribution in [2.45, 2.75) is 261 Å². The zero-order valence-electron chi connectivity index (χ0n) is 39.1. The fourth-order valence-corrected chi connectivity index (χ4v) is 8.27. The molecule has 2 rings (SSSR count). The van der Waals surface area contributed by atoms with E-state index in [4.69, 9.17) is 18.9 Å². The summed E-state index contributed by atoms with van der Waals surface area (Å²) in [5, 5.41) is 86.8. The Morgan fingerprint density at radius 2 is 1.05 bits per heavy atom. The van der Waals surface area contributed by atoms with Gasteiger partial charge in [-0.3, -0.25) is 4.79 Å². The van der Waals surface area contributed by atoms with Crippen LogP contribution in [0.1, 0.15) is 187 Å². The van der Waals surface area contributed by atoms with E-state index in [1.54, 1.807) is 0 Å². The van der Waals surface area contributed by atoms with Crippen LogP contribution in [0.3, 0.4) is 0 Å². The Labute approximate surface area is 379 Å². The highest BCUT2D eigenvalue weighted by Crippen LogP contribution is 2.30. The number of hydrogen-bond donors (Lipinski definition) is 9. The molecule has 63 heavy (non-hydrogen) atoms. The second kappa shape index (κ2) is 36.6. The van der Waals surface area contributed by atoms with Crippen molar-refractivity contribution in [3.05, 3.63) is 24.3 Å². The third kappa shape index (κ3) is 24.2. The Balaban J connectivity index is 1.85. The van der Waals surface area contributed by atoms with E-state index in [9.17, 15) is 45.6 Å². The average Bonchev–Trinajstić information content (AvgIpc) is 3.28. The molecular formula is C49H91NO13. The Morgan fingerprint density at radius 1 is 0.571 bits per heavy atom. The molecule has 1 amide bonds. The van der Waals surface area contributed by atoms with E-state index in [1.165, 1.54) is 83.5 Å². The highest BCUT2D eigenvalue weighted by Gasteiger charge is 2.51. The number of nitrogens with one attached hydrogen (secondary N) is 1. The number of aliphatic hydroxyl groups excluding tert-OH is 8. The van der Waals surface area contributed by atoms with Crippen LogP contribution in [0, 0.1) is 0 Å². The Kier molecular flexibility index (Phi) is 33.4. The predicted molar refractivity (Wildman–Crippen MR) is 245 cm³/mol. The van der Waals surface area contributed by atoms with Crippen molar-refractivity contribution in [3.8, 4) is 0 Å². The largest absolute Gasteiger partial charge is 0.394 e. The molecule has 0 bridgehead atoms. The van der Waals surface area contributed by atoms with E-state index in [0.29, 0.717) is 12.8 Å². The third-order valence-corrected chi connectivity index (χ3v) is 12.4. The molecule has 2 fully saturated rings. The minimum absolute atomic E-state index is 0.222. The first kappa shape index (κ1) is 57.6. The average molecular weight is 902 g/mol. The summed E-state index contributed by atoms with van der Waals surface area (Å²) >= 11 is 0. The van der Waals surface area contributed by atoms with Crippen LogP contribution in [0.15, 0.2) is 24.3 Å². The lowest BCUT2D eigenvalue weighted by molar-refractivity contribution is -0.359. The number of aliphatic hydroxyl groups is 8. The fourth-order valence-electron chi connectivity index (χ4n) is 8.27. The van der Waals surface area contributed by atoms with Gasteiger partial charge in [0.2, 0.25) is 5.91 Å². The number of ether oxygens (including phenoxy) is 4. The van der Waals surface area contributed by atoms with Crippen LogP contribution in [0.2, 0.25) is 0 Å². The molecule has 2 aliphatic rings. The van der Waals surface area contributed by atoms with E-state index in [1.807, 2.05) is 0 Å². The minimum atomic E-state index is -1.78. The molecular weight excluding hydrogens is 811 g/mol. The maximum absolute atomic E-state index is 13.2. The molecule has 2 heterocycles. The molecule has 0 aromatic heterocycles. The number of carbonyl (C=O) groups excluding carboxylic acids is 1. The zero-order valence-corrected chi connectivity index (χ0v) is 39.1. The maximum atomic E-state index is 13.2. The molecule has 2 aliphatic heterocycles. The monoisotopic (exact) mass is 902 g/mol. The van der Waals surface area contributed by atoms with E-state index >= 15 is 0 Å². The predicted octanol–water partition coefficient (Wildman–Crippen LogP) is 6.16. The summed E-state index contributed by atoms with van der Waals surface area (Å²) in [7, 11) is 0. The molecule has 0 aromatic rings. The first-order chi connectivity index (χ1) is 30.6. The summed E-state index contributed by atoms with van der Waals surface area (Å²) in [6.07, 6.45) is 21.7. The fraction of sp³-hybridized carbons (Fsp3) is 0.898. The molecule has 9 N–H and O–H groups in total. The van der Waals surface area contributed by atoms with Crippen molar-refractivity contribution in [1.29, 1.82) is 0 Å². The number of rotatable bonds is 38. The number of hydrogen-bond acceptors (Lipinski definition) is 13. The van der Waals surface area contributed by atoms with Gasteiger partial charge in [-0.1, -0.05) is 160 Å². The van der Waals surface area contributed by atoms with Gasteiger partial charge >= 0.3 is 0 Å². The van der Waals surface area contributed by atoms with Crippen LogP contribution in [0.5, 0.6) is 0 Å². The van der Waals surface area contributed by atoms with Crippen LogP contribution >= 0.6 is 0 Å². The number of unbranched alkanes of at least 4 members (excludes halogenated alkanes) is 21. The second-order valence-corrected chi connectivity index (χ2v) is 17.9. The Bertz CT molecular complexity index is 1160. The van der Waals surface area contributed by atoms with Gasteiger partial charge < -0.3 is 65.1 Å². The maximum Gasteiger partial charge on any atom is 0.220 e. The molecule has 12 unspecified atom stereocenters. The first-order valence-corrected chi connectivity index (χ1v) is 25.1. The van der Waals surface area contributed by atoms with E-state index < -0.39 is 86.8 Å². The van der Waals surface area contributed by atoms with Crippen LogP contribution < -0.4 is 5.32 Å². The van der Waals surface area contributed by atoms with E-state index in [-0.39, 0.29) is 18.9 Å². The Hall–Kier alpha value is -1.53. The van der Waals surface area contributed by atoms with Crippen molar-refractivity contribution in [3.63, 3.8) is 0 Å². The summed E-state index contributed by atoms with van der Waals surface area (Å²) < 4.78 is 22.7. The van der Waals surface area contributed by atoms with Gasteiger partial charge in [0.1, 0.15) is 48.8 Å². The molecule has 0 saturated carbocycles. The summed E-state index contributed by atoms with van der Waals surface area (Å²) in [4.78, 5) is 13.2. The van der Waals surface area contributed by atoms with Crippen molar-refractivity contribution < 1.29 is 64.6 Å². The van der Waals surface area contributed by atoms with Crippen LogP contribution in [0.25, 0.3) is 0 Å². The summed E-state index contributed by atoms with van der Waals surface area (Å²) in [6, 6.07) is -0.832. The van der Waals surface area contributed by atoms with Gasteiger partial charge in [-0.2, -0.15) is 0 Å². The molecule has 0 spiro atoms. The van der Waals surface area contributed by atoms with Gasteiger partial charge in [0.05, 0.1) is 32.0 Å². The highest BCUT2D eigenvalue weighted by molar-refractivity contribution is 5.76. The number of allylic oxidation sites excluding steroid dienone is 4. The molecule has 0 aliphatic carbocycles. The minimum Gasteiger partial charge on any atom is -0.394 e. The van der Waals surface area contributed by atoms with Crippen molar-refractivity contribution >= 4 is 5.91 Å². The molecule has 12 atom stereocenters. The zero-order chi connectivity index (χ0) is 46.1. The van der Waals surface area contributed by atoms with Crippen LogP contribution in [-0.4, -0.2) is 140 Å². The van der Waals surface area contributed by atoms with Gasteiger partial charge in [-0.15, -0.1) is 0 Å². The van der Waals surface area contributed by atoms with Gasteiger partial charge in [0.15, 0.2) is 12.6 Å². The molecule has 370 valence electrons. The lowest BCUT2D eigenvalue weighted by Crippen LogP contribution is -2.65. The number of carbonyl (C=O) groups is 1. The molecule has 2 saturated heterocycles. The van der Waals surface area contributed by atoms with Gasteiger partial charge in [0, 0.05) is 6.42 Å². The van der Waals surface area contributed by atoms with Crippen molar-refractivity contribution in [2.75, 3.05) is 19.8 Å². The topological polar surface area (TPSA) is 228 Å². The van der Waals surface area contributed by atoms with Gasteiger partial charge in [-0.25, -0.2) is 0 Å². The molecule has 14 nitrogen and oxygen atoms in total. The lowest BCUT2D eigenvalue weighted by atomic mass is 9.97. The SMILES string of the molecule is CCCCC/C=C\C/C=C\CCCCCCCC(=O)NC(COC1OC(CO)C(OC2OC(CO)C(O)C(O)C2O)C(O)C1O)C(O)CCCCCCCCCCCCCCCC. The smallest absolute Gasteiger partial charge is 0.220 e. The normalized spacial score (nSPS) is 27.7. The summed E-state index contributed by atoms with van der Waals surface area (Å²) in [5.41, 5.74) is 0. The van der Waals surface area contributed by atoms with Crippen molar-refractivity contribution in [2.24, 2.45) is 0 Å². The summed E-state index contributed by atoms with van der Waals surface area (Å²) in [5.74, 6) is -0.222. The standard InChI is InChI=1S/C49H91NO13/c1-3-5-7-9-11-13-15-17-19-21-23-25-27-29-31-33-41(54)50-37(38(53)32-30-28-26-24-22-20-18-16-14-12-10-8-6-4-2)36-60-48-46(59)44(57)47(40(35-52)62-48)63-49-45(58)43(56)42(55)39(34-51)61-49/h11,13,17,19,37-40,42-49,51-53,55-59H,3-10,12,14-16,18,20-36H2,1-2H3,(H,50,54)/b13-11-,19-17-. The molecule has 0 aromatic carbocycles. The quantitative estimate of drug-likeness (QED) is 0.0250. The first-order valence-electron chi connectivity index (χ1n) is 25.1. The Morgan fingerprint density at radius 3 is 1.62 bits per heavy atom. The molecule has 0 radical (unpaired) electrons. The third-order valence-electron chi connectivity index (χ3n) is 12.4. The van der Waals surface area contributed by atoms with Crippen LogP contribution in [-0.2, 0) is 23.7 Å². The number of amides is 1. The molecule has 14 heteroatoms. The van der Waals surface area contributed by atoms with E-state index in [2.05, 4.69) is 43.5 Å². The second-order valence-electron chi connectivity index (χ2n) is 17.9. The van der Waals surface area contributed by atoms with E-state index in [0.717, 1.165) is 70.6 Å². The lowest BCUT2D eigenvalue weighted by Gasteiger charge is -2.46. The van der Waals surface area contributed by atoms with Gasteiger partial charge in [0.25, 0.3) is 0 Å². The highest BCUT2D eigenvalue weighted by atomic mass is 16.7. The van der Waals surface area contributed by atoms with Crippen LogP contribution in [0.4, 0.5) is 0 Å². The summed E-state index contributed by atoms with van der Waals surface area (Å²) in [6.45, 7) is 2.80. The van der Waals surface area contributed by atoms with Gasteiger partial charge in [-0.05, 0) is 44.9 Å².